The number of nitrogens with one attached hydrogen (secondary N) is 1. The molecule has 5 nitrogen and oxygen atoms in total. The fourth-order valence-electron chi connectivity index (χ4n) is 2.19. The third-order valence-corrected chi connectivity index (χ3v) is 3.14. The predicted octanol–water partition coefficient (Wildman–Crippen LogP) is 2.90. The molecule has 1 amide bonds. The summed E-state index contributed by atoms with van der Waals surface area (Å²) < 4.78 is 16.0. The van der Waals surface area contributed by atoms with Crippen LogP contribution in [0.4, 0.5) is 4.79 Å². The van der Waals surface area contributed by atoms with Crippen LogP contribution in [0.25, 0.3) is 0 Å². The van der Waals surface area contributed by atoms with Gasteiger partial charge in [0.2, 0.25) is 0 Å². The molecular weight excluding hydrogens is 258 g/mol. The summed E-state index contributed by atoms with van der Waals surface area (Å²) in [6.45, 7) is 7.36. The first kappa shape index (κ1) is 14.5. The predicted molar refractivity (Wildman–Crippen MR) is 75.2 cm³/mol. The minimum absolute atomic E-state index is 0.120. The van der Waals surface area contributed by atoms with E-state index in [0.29, 0.717) is 19.8 Å². The van der Waals surface area contributed by atoms with Crippen molar-refractivity contribution >= 4 is 6.09 Å². The van der Waals surface area contributed by atoms with Crippen molar-refractivity contribution in [2.75, 3.05) is 19.8 Å². The van der Waals surface area contributed by atoms with Gasteiger partial charge in [0.1, 0.15) is 13.2 Å². The number of carbonyl (C=O) groups is 1. The standard InChI is InChI=1S/C15H21NO4/c1-4-18-15(17)16-14(10(2)3)11-5-6-12-13(9-11)20-8-7-19-12/h5-6,9-10,14H,4,7-8H2,1-3H3,(H,16,17)/t14-/m1/s1. The molecule has 5 heteroatoms. The molecule has 1 aromatic rings. The van der Waals surface area contributed by atoms with Gasteiger partial charge < -0.3 is 19.5 Å². The Balaban J connectivity index is 2.18. The molecular formula is C15H21NO4. The summed E-state index contributed by atoms with van der Waals surface area (Å²) in [6, 6.07) is 5.63. The second kappa shape index (κ2) is 6.50. The average Bonchev–Trinajstić information content (AvgIpc) is 2.44. The van der Waals surface area contributed by atoms with Gasteiger partial charge in [-0.2, -0.15) is 0 Å². The van der Waals surface area contributed by atoms with Gasteiger partial charge in [0.15, 0.2) is 11.5 Å². The lowest BCUT2D eigenvalue weighted by atomic mass is 9.96. The molecule has 1 heterocycles. The Labute approximate surface area is 119 Å². The first-order valence-electron chi connectivity index (χ1n) is 6.94. The highest BCUT2D eigenvalue weighted by atomic mass is 16.6. The van der Waals surface area contributed by atoms with E-state index in [0.717, 1.165) is 17.1 Å². The molecule has 110 valence electrons. The van der Waals surface area contributed by atoms with Gasteiger partial charge in [0, 0.05) is 0 Å². The van der Waals surface area contributed by atoms with E-state index >= 15 is 0 Å². The van der Waals surface area contributed by atoms with E-state index in [1.807, 2.05) is 32.0 Å². The van der Waals surface area contributed by atoms with Crippen LogP contribution in [0.1, 0.15) is 32.4 Å². The van der Waals surface area contributed by atoms with Gasteiger partial charge in [0.25, 0.3) is 0 Å². The van der Waals surface area contributed by atoms with Crippen molar-refractivity contribution in [1.82, 2.24) is 5.32 Å². The second-order valence-corrected chi connectivity index (χ2v) is 4.99. The van der Waals surface area contributed by atoms with Gasteiger partial charge in [-0.15, -0.1) is 0 Å². The average molecular weight is 279 g/mol. The summed E-state index contributed by atoms with van der Waals surface area (Å²) in [4.78, 5) is 11.6. The number of benzene rings is 1. The molecule has 1 aromatic carbocycles. The van der Waals surface area contributed by atoms with Gasteiger partial charge in [-0.1, -0.05) is 19.9 Å². The van der Waals surface area contributed by atoms with Gasteiger partial charge in [-0.3, -0.25) is 0 Å². The fraction of sp³-hybridized carbons (Fsp3) is 0.533. The Morgan fingerprint density at radius 3 is 2.65 bits per heavy atom. The molecule has 1 N–H and O–H groups in total. The number of hydrogen-bond donors (Lipinski definition) is 1. The van der Waals surface area contributed by atoms with Gasteiger partial charge in [-0.25, -0.2) is 4.79 Å². The van der Waals surface area contributed by atoms with E-state index in [4.69, 9.17) is 14.2 Å². The lowest BCUT2D eigenvalue weighted by Crippen LogP contribution is -2.32. The van der Waals surface area contributed by atoms with Crippen LogP contribution >= 0.6 is 0 Å². The summed E-state index contributed by atoms with van der Waals surface area (Å²) in [5.74, 6) is 1.71. The molecule has 0 spiro atoms. The Kier molecular flexibility index (Phi) is 4.71. The van der Waals surface area contributed by atoms with E-state index in [9.17, 15) is 4.79 Å². The van der Waals surface area contributed by atoms with Crippen molar-refractivity contribution in [3.05, 3.63) is 23.8 Å². The van der Waals surface area contributed by atoms with Crippen LogP contribution in [-0.2, 0) is 4.74 Å². The number of ether oxygens (including phenoxy) is 3. The highest BCUT2D eigenvalue weighted by molar-refractivity contribution is 5.68. The molecule has 0 saturated heterocycles. The maximum Gasteiger partial charge on any atom is 0.407 e. The first-order valence-corrected chi connectivity index (χ1v) is 6.94. The molecule has 0 radical (unpaired) electrons. The largest absolute Gasteiger partial charge is 0.486 e. The number of carbonyl (C=O) groups excluding carboxylic acids is 1. The molecule has 1 aliphatic heterocycles. The van der Waals surface area contributed by atoms with Crippen LogP contribution in [0.5, 0.6) is 11.5 Å². The van der Waals surface area contributed by atoms with Crippen molar-refractivity contribution in [2.24, 2.45) is 5.92 Å². The SMILES string of the molecule is CCOC(=O)N[C@@H](c1ccc2c(c1)OCCO2)C(C)C. The summed E-state index contributed by atoms with van der Waals surface area (Å²) >= 11 is 0. The third-order valence-electron chi connectivity index (χ3n) is 3.14. The Morgan fingerprint density at radius 2 is 2.00 bits per heavy atom. The quantitative estimate of drug-likeness (QED) is 0.920. The van der Waals surface area contributed by atoms with Gasteiger partial charge in [-0.05, 0) is 30.5 Å². The third kappa shape index (κ3) is 3.35. The van der Waals surface area contributed by atoms with Crippen LogP contribution in [0.3, 0.4) is 0 Å². The summed E-state index contributed by atoms with van der Waals surface area (Å²) in [5, 5.41) is 2.88. The number of rotatable bonds is 4. The lowest BCUT2D eigenvalue weighted by Gasteiger charge is -2.25. The highest BCUT2D eigenvalue weighted by Crippen LogP contribution is 2.34. The summed E-state index contributed by atoms with van der Waals surface area (Å²) in [5.41, 5.74) is 0.984. The normalized spacial score (nSPS) is 14.8. The maximum atomic E-state index is 11.6. The van der Waals surface area contributed by atoms with Crippen molar-refractivity contribution in [2.45, 2.75) is 26.8 Å². The van der Waals surface area contributed by atoms with E-state index in [2.05, 4.69) is 5.32 Å². The van der Waals surface area contributed by atoms with Crippen molar-refractivity contribution < 1.29 is 19.0 Å². The van der Waals surface area contributed by atoms with Crippen LogP contribution in [0.15, 0.2) is 18.2 Å². The van der Waals surface area contributed by atoms with E-state index in [1.54, 1.807) is 6.92 Å². The molecule has 0 bridgehead atoms. The molecule has 0 unspecified atom stereocenters. The molecule has 0 aromatic heterocycles. The van der Waals surface area contributed by atoms with E-state index in [-0.39, 0.29) is 12.0 Å². The Morgan fingerprint density at radius 1 is 1.30 bits per heavy atom. The first-order chi connectivity index (χ1) is 9.61. The molecule has 1 aliphatic rings. The number of alkyl carbamates (subject to hydrolysis) is 1. The molecule has 2 rings (SSSR count). The molecule has 0 saturated carbocycles. The number of fused-ring (bicyclic) bond motifs is 1. The number of amides is 1. The lowest BCUT2D eigenvalue weighted by molar-refractivity contribution is 0.144. The maximum absolute atomic E-state index is 11.6. The Bertz CT molecular complexity index is 473. The van der Waals surface area contributed by atoms with Crippen LogP contribution in [0, 0.1) is 5.92 Å². The van der Waals surface area contributed by atoms with Gasteiger partial charge >= 0.3 is 6.09 Å². The topological polar surface area (TPSA) is 56.8 Å². The zero-order chi connectivity index (χ0) is 14.5. The fourth-order valence-corrected chi connectivity index (χ4v) is 2.19. The molecule has 0 fully saturated rings. The Hall–Kier alpha value is -1.91. The van der Waals surface area contributed by atoms with Crippen LogP contribution in [0.2, 0.25) is 0 Å². The number of hydrogen-bond acceptors (Lipinski definition) is 4. The summed E-state index contributed by atoms with van der Waals surface area (Å²) in [7, 11) is 0. The minimum atomic E-state index is -0.402. The van der Waals surface area contributed by atoms with Gasteiger partial charge in [0.05, 0.1) is 12.6 Å². The van der Waals surface area contributed by atoms with Crippen LogP contribution < -0.4 is 14.8 Å². The highest BCUT2D eigenvalue weighted by Gasteiger charge is 2.21. The molecule has 20 heavy (non-hydrogen) atoms. The van der Waals surface area contributed by atoms with E-state index in [1.165, 1.54) is 0 Å². The monoisotopic (exact) mass is 279 g/mol. The van der Waals surface area contributed by atoms with Crippen molar-refractivity contribution in [3.63, 3.8) is 0 Å². The van der Waals surface area contributed by atoms with Crippen LogP contribution in [-0.4, -0.2) is 25.9 Å². The zero-order valence-corrected chi connectivity index (χ0v) is 12.1. The van der Waals surface area contributed by atoms with E-state index < -0.39 is 6.09 Å². The smallest absolute Gasteiger partial charge is 0.407 e. The molecule has 0 aliphatic carbocycles. The van der Waals surface area contributed by atoms with Crippen molar-refractivity contribution in [1.29, 1.82) is 0 Å². The minimum Gasteiger partial charge on any atom is -0.486 e. The second-order valence-electron chi connectivity index (χ2n) is 4.99. The molecule has 1 atom stereocenters. The van der Waals surface area contributed by atoms with Crippen molar-refractivity contribution in [3.8, 4) is 11.5 Å². The summed E-state index contributed by atoms with van der Waals surface area (Å²) in [6.07, 6.45) is -0.402. The zero-order valence-electron chi connectivity index (χ0n) is 12.1.